The quantitative estimate of drug-likeness (QED) is 0.306. The van der Waals surface area contributed by atoms with E-state index in [1.165, 1.54) is 55.4 Å². The zero-order valence-corrected chi connectivity index (χ0v) is 19.4. The third kappa shape index (κ3) is 6.35. The van der Waals surface area contributed by atoms with Crippen LogP contribution in [0.4, 0.5) is 0 Å². The minimum absolute atomic E-state index is 0.710. The highest BCUT2D eigenvalue weighted by atomic mass is 16.6. The molecule has 10 heteroatoms. The second-order valence-electron chi connectivity index (χ2n) is 8.28. The zero-order valence-electron chi connectivity index (χ0n) is 19.4. The fourth-order valence-corrected chi connectivity index (χ4v) is 1.86. The van der Waals surface area contributed by atoms with Crippen LogP contribution in [0.25, 0.3) is 0 Å². The summed E-state index contributed by atoms with van der Waals surface area (Å²) in [5.41, 5.74) is 0. The molecule has 0 radical (unpaired) electrons. The normalized spacial score (nSPS) is 14.5. The van der Waals surface area contributed by atoms with Crippen LogP contribution < -0.4 is 0 Å². The van der Waals surface area contributed by atoms with E-state index in [-0.39, 0.29) is 0 Å². The van der Waals surface area contributed by atoms with Crippen molar-refractivity contribution in [2.45, 2.75) is 55.4 Å². The van der Waals surface area contributed by atoms with E-state index in [9.17, 15) is 28.8 Å². The number of carbonyl (C=O) groups is 6. The minimum Gasteiger partial charge on any atom is -0.418 e. The summed E-state index contributed by atoms with van der Waals surface area (Å²) < 4.78 is 20.1. The summed E-state index contributed by atoms with van der Waals surface area (Å²) in [7, 11) is 0. The van der Waals surface area contributed by atoms with Crippen molar-refractivity contribution in [2.75, 3.05) is 0 Å². The Labute approximate surface area is 185 Å². The maximum absolute atomic E-state index is 13.1. The number of ketones is 2. The Kier molecular flexibility index (Phi) is 9.05. The summed E-state index contributed by atoms with van der Waals surface area (Å²) in [5.74, 6) is -12.7. The monoisotopic (exact) mass is 452 g/mol. The number of Topliss-reactive ketones (excluding diaryl/α,β-unsaturated/α-hetero) is 2. The predicted octanol–water partition coefficient (Wildman–Crippen LogP) is 2.36. The number of hydrogen-bond donors (Lipinski definition) is 0. The van der Waals surface area contributed by atoms with E-state index in [0.717, 1.165) is 0 Å². The van der Waals surface area contributed by atoms with Gasteiger partial charge in [-0.15, -0.1) is 0 Å². The summed E-state index contributed by atoms with van der Waals surface area (Å²) in [5, 5.41) is 0. The van der Waals surface area contributed by atoms with Gasteiger partial charge in [0.2, 0.25) is 23.0 Å². The molecule has 0 saturated carbocycles. The van der Waals surface area contributed by atoms with Crippen molar-refractivity contribution >= 4 is 35.4 Å². The molecule has 1 rings (SSSR count). The average Bonchev–Trinajstić information content (AvgIpc) is 2.69. The lowest BCUT2D eigenvalue weighted by Gasteiger charge is -2.23. The number of hydrogen-bond acceptors (Lipinski definition) is 10. The van der Waals surface area contributed by atoms with Crippen molar-refractivity contribution in [1.29, 1.82) is 0 Å². The molecule has 0 spiro atoms. The molecule has 0 saturated heterocycles. The lowest BCUT2D eigenvalue weighted by atomic mass is 10.0. The van der Waals surface area contributed by atoms with Crippen LogP contribution in [0, 0.1) is 23.7 Å². The number of ether oxygens (including phenoxy) is 4. The van der Waals surface area contributed by atoms with Crippen molar-refractivity contribution in [3.63, 3.8) is 0 Å². The molecule has 0 aromatic carbocycles. The smallest absolute Gasteiger partial charge is 0.314 e. The largest absolute Gasteiger partial charge is 0.418 e. The van der Waals surface area contributed by atoms with Crippen LogP contribution in [0.2, 0.25) is 0 Å². The molecule has 0 unspecified atom stereocenters. The SMILES string of the molecule is CC(C)C(=O)OC1=C(OC(=O)C(C)C)C(=O)C(OC(=O)C(C)C)=C(OC(=O)C(C)C)C1=O. The lowest BCUT2D eigenvalue weighted by Crippen LogP contribution is -2.34. The Morgan fingerprint density at radius 1 is 0.438 bits per heavy atom. The van der Waals surface area contributed by atoms with Gasteiger partial charge >= 0.3 is 23.9 Å². The molecular weight excluding hydrogens is 424 g/mol. The van der Waals surface area contributed by atoms with E-state index in [1.807, 2.05) is 0 Å². The summed E-state index contributed by atoms with van der Waals surface area (Å²) >= 11 is 0. The maximum atomic E-state index is 13.1. The second-order valence-corrected chi connectivity index (χ2v) is 8.28. The molecule has 0 aliphatic heterocycles. The molecule has 32 heavy (non-hydrogen) atoms. The topological polar surface area (TPSA) is 139 Å². The van der Waals surface area contributed by atoms with Crippen LogP contribution >= 0.6 is 0 Å². The third-order valence-electron chi connectivity index (χ3n) is 3.93. The molecule has 0 atom stereocenters. The first-order chi connectivity index (χ1) is 14.7. The van der Waals surface area contributed by atoms with Crippen LogP contribution in [-0.4, -0.2) is 35.4 Å². The van der Waals surface area contributed by atoms with Gasteiger partial charge in [0.25, 0.3) is 11.6 Å². The average molecular weight is 452 g/mol. The van der Waals surface area contributed by atoms with Gasteiger partial charge < -0.3 is 18.9 Å². The fraction of sp³-hybridized carbons (Fsp3) is 0.545. The van der Waals surface area contributed by atoms with Crippen molar-refractivity contribution in [3.8, 4) is 0 Å². The minimum atomic E-state index is -1.26. The predicted molar refractivity (Wildman–Crippen MR) is 108 cm³/mol. The number of carbonyl (C=O) groups excluding carboxylic acids is 6. The van der Waals surface area contributed by atoms with Crippen LogP contribution in [0.15, 0.2) is 23.0 Å². The fourth-order valence-electron chi connectivity index (χ4n) is 1.86. The summed E-state index contributed by atoms with van der Waals surface area (Å²) in [4.78, 5) is 74.8. The Morgan fingerprint density at radius 2 is 0.594 bits per heavy atom. The zero-order chi connectivity index (χ0) is 24.9. The van der Waals surface area contributed by atoms with Crippen LogP contribution in [0.1, 0.15) is 55.4 Å². The van der Waals surface area contributed by atoms with Gasteiger partial charge in [0.15, 0.2) is 0 Å². The van der Waals surface area contributed by atoms with Crippen LogP contribution in [-0.2, 0) is 47.7 Å². The molecule has 0 aromatic rings. The Hall–Kier alpha value is -3.30. The van der Waals surface area contributed by atoms with Gasteiger partial charge in [-0.1, -0.05) is 55.4 Å². The van der Waals surface area contributed by atoms with E-state index in [2.05, 4.69) is 0 Å². The molecule has 0 N–H and O–H groups in total. The summed E-state index contributed by atoms with van der Waals surface area (Å²) in [6.07, 6.45) is 0. The van der Waals surface area contributed by atoms with E-state index in [4.69, 9.17) is 18.9 Å². The Balaban J connectivity index is 3.67. The van der Waals surface area contributed by atoms with Gasteiger partial charge in [0.1, 0.15) is 0 Å². The number of esters is 4. The van der Waals surface area contributed by atoms with Crippen molar-refractivity contribution in [2.24, 2.45) is 23.7 Å². The molecular formula is C22H28O10. The molecule has 0 fully saturated rings. The standard InChI is InChI=1S/C22H28O10/c1-9(2)19(25)29-15-13(23)17(31-21(27)11(5)6)18(32-22(28)12(7)8)14(24)16(15)30-20(26)10(3)4/h9-12H,1-8H3. The van der Waals surface area contributed by atoms with E-state index in [0.29, 0.717) is 0 Å². The molecule has 176 valence electrons. The Bertz CT molecular complexity index is 758. The number of rotatable bonds is 8. The van der Waals surface area contributed by atoms with Crippen LogP contribution in [0.3, 0.4) is 0 Å². The molecule has 1 aliphatic rings. The van der Waals surface area contributed by atoms with Gasteiger partial charge in [0, 0.05) is 0 Å². The van der Waals surface area contributed by atoms with Crippen molar-refractivity contribution in [3.05, 3.63) is 23.0 Å². The maximum Gasteiger partial charge on any atom is 0.314 e. The third-order valence-corrected chi connectivity index (χ3v) is 3.93. The van der Waals surface area contributed by atoms with Crippen molar-refractivity contribution in [1.82, 2.24) is 0 Å². The summed E-state index contributed by atoms with van der Waals surface area (Å²) in [6, 6.07) is 0. The highest BCUT2D eigenvalue weighted by molar-refractivity contribution is 6.24. The first kappa shape index (κ1) is 26.7. The van der Waals surface area contributed by atoms with E-state index >= 15 is 0 Å². The van der Waals surface area contributed by atoms with E-state index < -0.39 is 82.2 Å². The van der Waals surface area contributed by atoms with Gasteiger partial charge in [-0.3, -0.25) is 28.8 Å². The first-order valence-electron chi connectivity index (χ1n) is 10.1. The highest BCUT2D eigenvalue weighted by Gasteiger charge is 2.45. The molecule has 0 heterocycles. The van der Waals surface area contributed by atoms with Gasteiger partial charge in [-0.2, -0.15) is 0 Å². The van der Waals surface area contributed by atoms with Gasteiger partial charge in [0.05, 0.1) is 23.7 Å². The van der Waals surface area contributed by atoms with Gasteiger partial charge in [-0.25, -0.2) is 0 Å². The molecule has 10 nitrogen and oxygen atoms in total. The molecule has 0 aromatic heterocycles. The Morgan fingerprint density at radius 3 is 0.719 bits per heavy atom. The highest BCUT2D eigenvalue weighted by Crippen LogP contribution is 2.30. The molecule has 0 amide bonds. The van der Waals surface area contributed by atoms with E-state index in [1.54, 1.807) is 0 Å². The first-order valence-corrected chi connectivity index (χ1v) is 10.1. The van der Waals surface area contributed by atoms with Gasteiger partial charge in [-0.05, 0) is 0 Å². The molecule has 0 bridgehead atoms. The summed E-state index contributed by atoms with van der Waals surface area (Å²) in [6.45, 7) is 11.8. The van der Waals surface area contributed by atoms with Crippen molar-refractivity contribution < 1.29 is 47.7 Å². The molecule has 1 aliphatic carbocycles. The lowest BCUT2D eigenvalue weighted by molar-refractivity contribution is -0.155. The second kappa shape index (κ2) is 10.8. The van der Waals surface area contributed by atoms with Crippen LogP contribution in [0.5, 0.6) is 0 Å².